The third kappa shape index (κ3) is 4.93. The lowest BCUT2D eigenvalue weighted by Crippen LogP contribution is -2.27. The fraction of sp³-hybridized carbons (Fsp3) is 1.00. The Morgan fingerprint density at radius 3 is 2.72 bits per heavy atom. The molecule has 1 saturated heterocycles. The summed E-state index contributed by atoms with van der Waals surface area (Å²) in [5.74, 6) is 0.0821. The average molecular weight is 284 g/mol. The van der Waals surface area contributed by atoms with Crippen LogP contribution in [-0.4, -0.2) is 57.7 Å². The van der Waals surface area contributed by atoms with Crippen LogP contribution in [0.3, 0.4) is 0 Å². The molecule has 7 nitrogen and oxygen atoms in total. The molecule has 0 saturated carbocycles. The van der Waals surface area contributed by atoms with E-state index < -0.39 is 7.82 Å². The zero-order valence-electron chi connectivity index (χ0n) is 10.9. The van der Waals surface area contributed by atoms with Crippen LogP contribution in [0.2, 0.25) is 0 Å². The zero-order valence-corrected chi connectivity index (χ0v) is 11.8. The standard InChI is InChI=1S/C10H21O7P/c1-8-9(15-5-4-13-2)6-16-10(8)7-17-18(11,12)14-3/h8-10H,4-7H2,1-3H3,(H,11,12). The minimum absolute atomic E-state index is 0.00687. The minimum Gasteiger partial charge on any atom is -0.382 e. The second kappa shape index (κ2) is 7.55. The molecule has 0 spiro atoms. The van der Waals surface area contributed by atoms with Gasteiger partial charge in [-0.15, -0.1) is 0 Å². The highest BCUT2D eigenvalue weighted by Crippen LogP contribution is 2.42. The van der Waals surface area contributed by atoms with Gasteiger partial charge in [-0.1, -0.05) is 6.92 Å². The first-order valence-corrected chi connectivity index (χ1v) is 7.25. The van der Waals surface area contributed by atoms with Crippen LogP contribution in [0.4, 0.5) is 0 Å². The van der Waals surface area contributed by atoms with Gasteiger partial charge in [-0.05, 0) is 0 Å². The summed E-state index contributed by atoms with van der Waals surface area (Å²) >= 11 is 0. The van der Waals surface area contributed by atoms with E-state index in [0.717, 1.165) is 7.11 Å². The molecule has 0 aromatic rings. The summed E-state index contributed by atoms with van der Waals surface area (Å²) in [6, 6.07) is 0. The van der Waals surface area contributed by atoms with Crippen molar-refractivity contribution in [2.24, 2.45) is 5.92 Å². The van der Waals surface area contributed by atoms with Crippen LogP contribution in [0.25, 0.3) is 0 Å². The number of ether oxygens (including phenoxy) is 3. The van der Waals surface area contributed by atoms with Crippen molar-refractivity contribution in [1.82, 2.24) is 0 Å². The Labute approximate surface area is 107 Å². The monoisotopic (exact) mass is 284 g/mol. The average Bonchev–Trinajstić information content (AvgIpc) is 2.69. The van der Waals surface area contributed by atoms with Crippen LogP contribution in [0.1, 0.15) is 6.92 Å². The fourth-order valence-corrected chi connectivity index (χ4v) is 2.11. The largest absolute Gasteiger partial charge is 0.472 e. The van der Waals surface area contributed by atoms with Gasteiger partial charge in [-0.3, -0.25) is 9.05 Å². The number of methoxy groups -OCH3 is 1. The SMILES string of the molecule is COCCOC1COC(COP(=O)(O)OC)C1C. The molecule has 18 heavy (non-hydrogen) atoms. The van der Waals surface area contributed by atoms with Crippen molar-refractivity contribution in [2.75, 3.05) is 40.6 Å². The van der Waals surface area contributed by atoms with Gasteiger partial charge in [0.25, 0.3) is 0 Å². The Balaban J connectivity index is 2.31. The molecule has 1 N–H and O–H groups in total. The summed E-state index contributed by atoms with van der Waals surface area (Å²) in [5.41, 5.74) is 0. The molecule has 0 bridgehead atoms. The number of rotatable bonds is 8. The van der Waals surface area contributed by atoms with Crippen LogP contribution >= 0.6 is 7.82 Å². The summed E-state index contributed by atoms with van der Waals surface area (Å²) in [6.45, 7) is 3.43. The Kier molecular flexibility index (Phi) is 6.73. The molecule has 0 aliphatic carbocycles. The molecular formula is C10H21O7P. The first-order valence-electron chi connectivity index (χ1n) is 5.75. The summed E-state index contributed by atoms with van der Waals surface area (Å²) in [6.07, 6.45) is -0.317. The third-order valence-corrected chi connectivity index (χ3v) is 3.84. The van der Waals surface area contributed by atoms with Crippen LogP contribution in [-0.2, 0) is 27.8 Å². The van der Waals surface area contributed by atoms with E-state index in [0.29, 0.717) is 19.8 Å². The predicted molar refractivity (Wildman–Crippen MR) is 63.3 cm³/mol. The van der Waals surface area contributed by atoms with Gasteiger partial charge in [0.05, 0.1) is 38.6 Å². The highest BCUT2D eigenvalue weighted by molar-refractivity contribution is 7.47. The fourth-order valence-electron chi connectivity index (χ4n) is 1.66. The van der Waals surface area contributed by atoms with E-state index in [9.17, 15) is 4.57 Å². The van der Waals surface area contributed by atoms with Crippen molar-refractivity contribution >= 4 is 7.82 Å². The van der Waals surface area contributed by atoms with E-state index in [-0.39, 0.29) is 24.7 Å². The minimum atomic E-state index is -3.94. The van der Waals surface area contributed by atoms with Crippen molar-refractivity contribution in [3.05, 3.63) is 0 Å². The smallest absolute Gasteiger partial charge is 0.382 e. The van der Waals surface area contributed by atoms with E-state index in [1.807, 2.05) is 6.92 Å². The van der Waals surface area contributed by atoms with Gasteiger partial charge in [-0.2, -0.15) is 0 Å². The number of hydrogen-bond acceptors (Lipinski definition) is 6. The first-order chi connectivity index (χ1) is 8.50. The molecule has 1 rings (SSSR count). The normalized spacial score (nSPS) is 31.4. The second-order valence-electron chi connectivity index (χ2n) is 4.08. The Hall–Kier alpha value is -0.0100. The molecule has 0 amide bonds. The van der Waals surface area contributed by atoms with Crippen LogP contribution in [0.5, 0.6) is 0 Å². The molecule has 108 valence electrons. The van der Waals surface area contributed by atoms with Gasteiger partial charge >= 0.3 is 7.82 Å². The van der Waals surface area contributed by atoms with Crippen molar-refractivity contribution in [3.63, 3.8) is 0 Å². The summed E-state index contributed by atoms with van der Waals surface area (Å²) in [7, 11) is -1.21. The van der Waals surface area contributed by atoms with Gasteiger partial charge in [-0.25, -0.2) is 4.57 Å². The quantitative estimate of drug-likeness (QED) is 0.521. The zero-order chi connectivity index (χ0) is 13.6. The lowest BCUT2D eigenvalue weighted by Gasteiger charge is -2.19. The molecule has 1 aliphatic rings. The van der Waals surface area contributed by atoms with Crippen LogP contribution in [0.15, 0.2) is 0 Å². The lowest BCUT2D eigenvalue weighted by atomic mass is 10.0. The molecule has 0 aromatic carbocycles. The third-order valence-electron chi connectivity index (χ3n) is 2.90. The molecule has 8 heteroatoms. The Morgan fingerprint density at radius 2 is 2.11 bits per heavy atom. The number of phosphoric ester groups is 1. The van der Waals surface area contributed by atoms with Crippen molar-refractivity contribution in [3.8, 4) is 0 Å². The van der Waals surface area contributed by atoms with E-state index in [2.05, 4.69) is 4.52 Å². The molecule has 1 heterocycles. The van der Waals surface area contributed by atoms with Crippen molar-refractivity contribution in [2.45, 2.75) is 19.1 Å². The topological polar surface area (TPSA) is 83.5 Å². The highest BCUT2D eigenvalue weighted by Gasteiger charge is 2.36. The molecule has 4 unspecified atom stereocenters. The van der Waals surface area contributed by atoms with E-state index in [1.165, 1.54) is 0 Å². The lowest BCUT2D eigenvalue weighted by molar-refractivity contribution is 0.000570. The Bertz CT molecular complexity index is 285. The van der Waals surface area contributed by atoms with E-state index in [1.54, 1.807) is 7.11 Å². The maximum atomic E-state index is 11.1. The molecule has 1 aliphatic heterocycles. The van der Waals surface area contributed by atoms with Crippen LogP contribution < -0.4 is 0 Å². The Morgan fingerprint density at radius 1 is 1.39 bits per heavy atom. The second-order valence-corrected chi connectivity index (χ2v) is 5.64. The molecule has 0 aromatic heterocycles. The maximum Gasteiger partial charge on any atom is 0.472 e. The number of hydrogen-bond donors (Lipinski definition) is 1. The van der Waals surface area contributed by atoms with E-state index >= 15 is 0 Å². The van der Waals surface area contributed by atoms with Crippen molar-refractivity contribution < 1.29 is 32.7 Å². The predicted octanol–water partition coefficient (Wildman–Crippen LogP) is 0.816. The van der Waals surface area contributed by atoms with Gasteiger partial charge in [0, 0.05) is 20.1 Å². The van der Waals surface area contributed by atoms with Gasteiger partial charge in [0.15, 0.2) is 0 Å². The van der Waals surface area contributed by atoms with Gasteiger partial charge in [0.1, 0.15) is 0 Å². The molecule has 1 fully saturated rings. The maximum absolute atomic E-state index is 11.1. The first kappa shape index (κ1) is 16.0. The molecular weight excluding hydrogens is 263 g/mol. The van der Waals surface area contributed by atoms with Crippen LogP contribution in [0, 0.1) is 5.92 Å². The van der Waals surface area contributed by atoms with Gasteiger partial charge in [0.2, 0.25) is 0 Å². The van der Waals surface area contributed by atoms with Crippen molar-refractivity contribution in [1.29, 1.82) is 0 Å². The molecule has 4 atom stereocenters. The molecule has 0 radical (unpaired) electrons. The summed E-state index contributed by atoms with van der Waals surface area (Å²) in [5, 5.41) is 0. The highest BCUT2D eigenvalue weighted by atomic mass is 31.2. The summed E-state index contributed by atoms with van der Waals surface area (Å²) < 4.78 is 36.2. The van der Waals surface area contributed by atoms with E-state index in [4.69, 9.17) is 23.6 Å². The summed E-state index contributed by atoms with van der Waals surface area (Å²) in [4.78, 5) is 9.12. The number of phosphoric acid groups is 1. The van der Waals surface area contributed by atoms with Gasteiger partial charge < -0.3 is 19.1 Å².